The molecule has 2 aliphatic heterocycles. The van der Waals surface area contributed by atoms with Gasteiger partial charge in [-0.25, -0.2) is 4.79 Å². The molecule has 0 aromatic heterocycles. The molecule has 196 valence electrons. The molecular formula is C31H38N2O4. The van der Waals surface area contributed by atoms with Crippen molar-refractivity contribution in [2.75, 3.05) is 19.6 Å². The monoisotopic (exact) mass is 502 g/mol. The Bertz CT molecular complexity index is 1180. The van der Waals surface area contributed by atoms with Crippen molar-refractivity contribution < 1.29 is 19.4 Å². The molecule has 2 atom stereocenters. The van der Waals surface area contributed by atoms with Gasteiger partial charge in [0.05, 0.1) is 11.6 Å². The van der Waals surface area contributed by atoms with E-state index in [-0.39, 0.29) is 18.0 Å². The molecule has 0 spiro atoms. The van der Waals surface area contributed by atoms with Gasteiger partial charge in [0.15, 0.2) is 0 Å². The molecule has 2 amide bonds. The minimum atomic E-state index is -0.991. The summed E-state index contributed by atoms with van der Waals surface area (Å²) in [5, 5.41) is 10.6. The van der Waals surface area contributed by atoms with Gasteiger partial charge in [0.25, 0.3) is 0 Å². The Morgan fingerprint density at radius 2 is 1.70 bits per heavy atom. The minimum absolute atomic E-state index is 0.0799. The maximum Gasteiger partial charge on any atom is 0.411 e. The molecule has 0 saturated carbocycles. The van der Waals surface area contributed by atoms with Crippen LogP contribution in [0.3, 0.4) is 0 Å². The minimum Gasteiger partial charge on any atom is -0.438 e. The van der Waals surface area contributed by atoms with Crippen molar-refractivity contribution in [1.82, 2.24) is 9.80 Å². The van der Waals surface area contributed by atoms with Crippen molar-refractivity contribution in [3.05, 3.63) is 71.3 Å². The molecule has 0 radical (unpaired) electrons. The number of carbonyl (C=O) groups is 2. The Labute approximate surface area is 220 Å². The van der Waals surface area contributed by atoms with E-state index < -0.39 is 16.6 Å². The van der Waals surface area contributed by atoms with E-state index >= 15 is 0 Å². The molecule has 0 bridgehead atoms. The van der Waals surface area contributed by atoms with E-state index in [1.807, 2.05) is 80.3 Å². The fourth-order valence-electron chi connectivity index (χ4n) is 5.11. The first-order valence-corrected chi connectivity index (χ1v) is 13.1. The van der Waals surface area contributed by atoms with E-state index in [4.69, 9.17) is 4.74 Å². The molecule has 0 aliphatic carbocycles. The largest absolute Gasteiger partial charge is 0.438 e. The number of amides is 2. The standard InChI is InChI=1S/C31H38N2O4/c1-23(25-14-12-24(13-15-25)16-17-29(2,3)27(34)32-19-9-20-32)33-21-18-31(37-28(33)35,22-30(4,5)36)26-10-7-6-8-11-26/h6-8,10-15,23,36H,9,18-22H2,1-5H3/t23-,31?/m0/s1. The molecule has 2 saturated heterocycles. The Morgan fingerprint density at radius 3 is 2.24 bits per heavy atom. The van der Waals surface area contributed by atoms with Gasteiger partial charge in [0.1, 0.15) is 11.0 Å². The molecule has 2 aromatic carbocycles. The summed E-state index contributed by atoms with van der Waals surface area (Å²) in [5.74, 6) is 6.37. The summed E-state index contributed by atoms with van der Waals surface area (Å²) in [6.07, 6.45) is 1.58. The SMILES string of the molecule is C[C@@H](c1ccc(C#CC(C)(C)C(=O)N2CCC2)cc1)N1CCC(CC(C)(C)O)(c2ccccc2)OC1=O. The van der Waals surface area contributed by atoms with E-state index in [1.54, 1.807) is 18.7 Å². The zero-order valence-electron chi connectivity index (χ0n) is 22.6. The van der Waals surface area contributed by atoms with Gasteiger partial charge < -0.3 is 19.6 Å². The smallest absolute Gasteiger partial charge is 0.411 e. The topological polar surface area (TPSA) is 70.1 Å². The second-order valence-corrected chi connectivity index (χ2v) is 11.5. The zero-order valence-corrected chi connectivity index (χ0v) is 22.6. The van der Waals surface area contributed by atoms with Crippen molar-refractivity contribution in [3.63, 3.8) is 0 Å². The average Bonchev–Trinajstić information content (AvgIpc) is 2.81. The number of likely N-dealkylation sites (tertiary alicyclic amines) is 1. The lowest BCUT2D eigenvalue weighted by Gasteiger charge is -2.45. The number of rotatable bonds is 6. The summed E-state index contributed by atoms with van der Waals surface area (Å²) in [6, 6.07) is 17.3. The van der Waals surface area contributed by atoms with E-state index in [1.165, 1.54) is 0 Å². The first-order valence-electron chi connectivity index (χ1n) is 13.1. The summed E-state index contributed by atoms with van der Waals surface area (Å²) < 4.78 is 6.12. The van der Waals surface area contributed by atoms with E-state index in [0.717, 1.165) is 36.2 Å². The number of hydrogen-bond donors (Lipinski definition) is 1. The van der Waals surface area contributed by atoms with Crippen LogP contribution in [0.5, 0.6) is 0 Å². The summed E-state index contributed by atoms with van der Waals surface area (Å²) in [4.78, 5) is 29.5. The number of cyclic esters (lactones) is 1. The maximum absolute atomic E-state index is 13.3. The quantitative estimate of drug-likeness (QED) is 0.548. The molecule has 2 aromatic rings. The van der Waals surface area contributed by atoms with Crippen LogP contribution in [0.2, 0.25) is 0 Å². The second kappa shape index (κ2) is 10.2. The Kier molecular flexibility index (Phi) is 7.39. The fourth-order valence-corrected chi connectivity index (χ4v) is 5.11. The predicted octanol–water partition coefficient (Wildman–Crippen LogP) is 5.26. The van der Waals surface area contributed by atoms with Crippen LogP contribution in [-0.2, 0) is 15.1 Å². The Balaban J connectivity index is 1.46. The van der Waals surface area contributed by atoms with Gasteiger partial charge in [-0.2, -0.15) is 0 Å². The molecule has 1 N–H and O–H groups in total. The second-order valence-electron chi connectivity index (χ2n) is 11.5. The summed E-state index contributed by atoms with van der Waals surface area (Å²) in [7, 11) is 0. The normalized spacial score (nSPS) is 20.9. The van der Waals surface area contributed by atoms with Crippen LogP contribution in [-0.4, -0.2) is 52.1 Å². The van der Waals surface area contributed by atoms with Crippen LogP contribution in [0, 0.1) is 17.3 Å². The molecule has 2 heterocycles. The zero-order chi connectivity index (χ0) is 26.8. The van der Waals surface area contributed by atoms with Gasteiger partial charge in [-0.05, 0) is 64.3 Å². The predicted molar refractivity (Wildman–Crippen MR) is 144 cm³/mol. The van der Waals surface area contributed by atoms with Crippen molar-refractivity contribution in [3.8, 4) is 11.8 Å². The van der Waals surface area contributed by atoms with Crippen molar-refractivity contribution in [1.29, 1.82) is 0 Å². The average molecular weight is 503 g/mol. The molecule has 6 nitrogen and oxygen atoms in total. The van der Waals surface area contributed by atoms with Gasteiger partial charge in [-0.3, -0.25) is 4.79 Å². The number of carbonyl (C=O) groups excluding carboxylic acids is 2. The van der Waals surface area contributed by atoms with Gasteiger partial charge in [-0.15, -0.1) is 0 Å². The summed E-state index contributed by atoms with van der Waals surface area (Å²) in [5.41, 5.74) is 0.124. The third-order valence-corrected chi connectivity index (χ3v) is 7.35. The molecule has 2 fully saturated rings. The van der Waals surface area contributed by atoms with Crippen molar-refractivity contribution >= 4 is 12.0 Å². The summed E-state index contributed by atoms with van der Waals surface area (Å²) in [6.45, 7) is 11.4. The van der Waals surface area contributed by atoms with Gasteiger partial charge in [0, 0.05) is 38.0 Å². The fraction of sp³-hybridized carbons (Fsp3) is 0.484. The van der Waals surface area contributed by atoms with Gasteiger partial charge in [0.2, 0.25) is 5.91 Å². The van der Waals surface area contributed by atoms with E-state index in [0.29, 0.717) is 19.4 Å². The number of nitrogens with zero attached hydrogens (tertiary/aromatic N) is 2. The van der Waals surface area contributed by atoms with Crippen LogP contribution < -0.4 is 0 Å². The van der Waals surface area contributed by atoms with E-state index in [9.17, 15) is 14.7 Å². The van der Waals surface area contributed by atoms with Gasteiger partial charge >= 0.3 is 6.09 Å². The molecular weight excluding hydrogens is 464 g/mol. The lowest BCUT2D eigenvalue weighted by atomic mass is 9.80. The number of aliphatic hydroxyl groups is 1. The van der Waals surface area contributed by atoms with Crippen LogP contribution in [0.25, 0.3) is 0 Å². The molecule has 6 heteroatoms. The molecule has 2 aliphatic rings. The number of benzene rings is 2. The lowest BCUT2D eigenvalue weighted by molar-refractivity contribution is -0.141. The van der Waals surface area contributed by atoms with Crippen LogP contribution in [0.1, 0.15) is 76.6 Å². The number of ether oxygens (including phenoxy) is 1. The van der Waals surface area contributed by atoms with Crippen LogP contribution in [0.15, 0.2) is 54.6 Å². The van der Waals surface area contributed by atoms with Crippen LogP contribution in [0.4, 0.5) is 4.79 Å². The highest BCUT2D eigenvalue weighted by Gasteiger charge is 2.46. The third kappa shape index (κ3) is 5.99. The first-order chi connectivity index (χ1) is 17.4. The third-order valence-electron chi connectivity index (χ3n) is 7.35. The maximum atomic E-state index is 13.3. The first kappa shape index (κ1) is 26.8. The van der Waals surface area contributed by atoms with Crippen LogP contribution >= 0.6 is 0 Å². The highest BCUT2D eigenvalue weighted by Crippen LogP contribution is 2.42. The lowest BCUT2D eigenvalue weighted by Crippen LogP contribution is -2.51. The van der Waals surface area contributed by atoms with E-state index in [2.05, 4.69) is 11.8 Å². The molecule has 1 unspecified atom stereocenters. The van der Waals surface area contributed by atoms with Crippen molar-refractivity contribution in [2.45, 2.75) is 71.1 Å². The van der Waals surface area contributed by atoms with Crippen molar-refractivity contribution in [2.24, 2.45) is 5.41 Å². The Morgan fingerprint density at radius 1 is 1.05 bits per heavy atom. The highest BCUT2D eigenvalue weighted by atomic mass is 16.6. The Hall–Kier alpha value is -3.30. The number of hydrogen-bond acceptors (Lipinski definition) is 4. The highest BCUT2D eigenvalue weighted by molar-refractivity contribution is 5.85. The summed E-state index contributed by atoms with van der Waals surface area (Å²) >= 11 is 0. The molecule has 4 rings (SSSR count). The molecule has 37 heavy (non-hydrogen) atoms. The van der Waals surface area contributed by atoms with Gasteiger partial charge in [-0.1, -0.05) is 54.3 Å².